The summed E-state index contributed by atoms with van der Waals surface area (Å²) in [5.41, 5.74) is 2.17. The Labute approximate surface area is 192 Å². The van der Waals surface area contributed by atoms with E-state index in [1.54, 1.807) is 12.3 Å². The van der Waals surface area contributed by atoms with Gasteiger partial charge in [-0.2, -0.15) is 0 Å². The van der Waals surface area contributed by atoms with Crippen molar-refractivity contribution in [3.05, 3.63) is 52.8 Å². The van der Waals surface area contributed by atoms with Crippen LogP contribution in [0.15, 0.2) is 36.5 Å². The fourth-order valence-corrected chi connectivity index (χ4v) is 2.90. The smallest absolute Gasteiger partial charge is 0.161 e. The standard InChI is InChI=1S/C22H31ClN2O2.2ClH/c1-3-5-6-7-8-13-24-15-18-9-11-20(21(14-18)26-4-2)27-17-19-10-12-22(23)25-16-19;;/h9-12,14,16,24H,3-8,13,15,17H2,1-2H3;2*1H. The van der Waals surface area contributed by atoms with Crippen molar-refractivity contribution in [2.24, 2.45) is 0 Å². The van der Waals surface area contributed by atoms with E-state index in [4.69, 9.17) is 21.1 Å². The number of benzene rings is 1. The molecule has 0 bridgehead atoms. The predicted octanol–water partition coefficient (Wildman–Crippen LogP) is 6.62. The number of nitrogens with zero attached hydrogens (tertiary/aromatic N) is 1. The zero-order valence-electron chi connectivity index (χ0n) is 17.3. The fraction of sp³-hybridized carbons (Fsp3) is 0.500. The van der Waals surface area contributed by atoms with Crippen LogP contribution in [-0.4, -0.2) is 18.1 Å². The first-order valence-corrected chi connectivity index (χ1v) is 10.3. The molecule has 0 saturated carbocycles. The van der Waals surface area contributed by atoms with Crippen LogP contribution in [0.1, 0.15) is 57.1 Å². The van der Waals surface area contributed by atoms with Crippen molar-refractivity contribution < 1.29 is 9.47 Å². The van der Waals surface area contributed by atoms with Crippen LogP contribution in [0.3, 0.4) is 0 Å². The van der Waals surface area contributed by atoms with Crippen LogP contribution < -0.4 is 14.8 Å². The summed E-state index contributed by atoms with van der Waals surface area (Å²) in [4.78, 5) is 4.08. The molecule has 1 aromatic heterocycles. The van der Waals surface area contributed by atoms with Gasteiger partial charge >= 0.3 is 0 Å². The van der Waals surface area contributed by atoms with Crippen molar-refractivity contribution >= 4 is 36.4 Å². The zero-order valence-corrected chi connectivity index (χ0v) is 19.7. The number of unbranched alkanes of at least 4 members (excludes halogenated alkanes) is 4. The van der Waals surface area contributed by atoms with E-state index >= 15 is 0 Å². The third-order valence-corrected chi connectivity index (χ3v) is 4.50. The maximum atomic E-state index is 5.92. The van der Waals surface area contributed by atoms with E-state index in [2.05, 4.69) is 29.4 Å². The van der Waals surface area contributed by atoms with Gasteiger partial charge in [0.1, 0.15) is 11.8 Å². The van der Waals surface area contributed by atoms with Gasteiger partial charge in [-0.3, -0.25) is 0 Å². The van der Waals surface area contributed by atoms with Crippen LogP contribution in [0.4, 0.5) is 0 Å². The Kier molecular flexibility index (Phi) is 15.9. The lowest BCUT2D eigenvalue weighted by molar-refractivity contribution is 0.269. The van der Waals surface area contributed by atoms with Crippen molar-refractivity contribution in [1.82, 2.24) is 10.3 Å². The van der Waals surface area contributed by atoms with Gasteiger partial charge in [0, 0.05) is 18.3 Å². The summed E-state index contributed by atoms with van der Waals surface area (Å²) in [7, 11) is 0. The number of rotatable bonds is 13. The molecule has 1 N–H and O–H groups in total. The Morgan fingerprint density at radius 1 is 0.897 bits per heavy atom. The van der Waals surface area contributed by atoms with Gasteiger partial charge in [-0.1, -0.05) is 56.3 Å². The molecule has 0 amide bonds. The maximum Gasteiger partial charge on any atom is 0.161 e. The Morgan fingerprint density at radius 3 is 2.34 bits per heavy atom. The second-order valence-corrected chi connectivity index (χ2v) is 6.97. The van der Waals surface area contributed by atoms with Crippen molar-refractivity contribution in [3.8, 4) is 11.5 Å². The van der Waals surface area contributed by atoms with Crippen LogP contribution in [0.5, 0.6) is 11.5 Å². The van der Waals surface area contributed by atoms with Crippen LogP contribution in [0, 0.1) is 0 Å². The van der Waals surface area contributed by atoms with Crippen LogP contribution in [0.2, 0.25) is 5.15 Å². The average Bonchev–Trinajstić information content (AvgIpc) is 2.68. The number of aromatic nitrogens is 1. The topological polar surface area (TPSA) is 43.4 Å². The largest absolute Gasteiger partial charge is 0.490 e. The van der Waals surface area contributed by atoms with Gasteiger partial charge in [0.25, 0.3) is 0 Å². The zero-order chi connectivity index (χ0) is 19.3. The first-order chi connectivity index (χ1) is 13.2. The highest BCUT2D eigenvalue weighted by Gasteiger charge is 2.07. The van der Waals surface area contributed by atoms with E-state index < -0.39 is 0 Å². The minimum absolute atomic E-state index is 0. The minimum Gasteiger partial charge on any atom is -0.490 e. The predicted molar refractivity (Wildman–Crippen MR) is 126 cm³/mol. The van der Waals surface area contributed by atoms with E-state index in [1.165, 1.54) is 37.7 Å². The maximum absolute atomic E-state index is 5.92. The van der Waals surface area contributed by atoms with Crippen LogP contribution in [-0.2, 0) is 13.2 Å². The number of hydrogen-bond donors (Lipinski definition) is 1. The lowest BCUT2D eigenvalue weighted by Gasteiger charge is -2.14. The normalized spacial score (nSPS) is 10.0. The van der Waals surface area contributed by atoms with Crippen LogP contribution in [0.25, 0.3) is 0 Å². The summed E-state index contributed by atoms with van der Waals surface area (Å²) in [5, 5.41) is 4.00. The Morgan fingerprint density at radius 2 is 1.66 bits per heavy atom. The van der Waals surface area contributed by atoms with E-state index in [-0.39, 0.29) is 24.8 Å². The summed E-state index contributed by atoms with van der Waals surface area (Å²) in [6.07, 6.45) is 8.22. The second kappa shape index (κ2) is 16.6. The monoisotopic (exact) mass is 462 g/mol. The minimum atomic E-state index is 0. The molecule has 29 heavy (non-hydrogen) atoms. The first-order valence-electron chi connectivity index (χ1n) is 9.92. The van der Waals surface area contributed by atoms with Gasteiger partial charge in [0.05, 0.1) is 6.61 Å². The highest BCUT2D eigenvalue weighted by atomic mass is 35.5. The molecule has 0 aliphatic heterocycles. The second-order valence-electron chi connectivity index (χ2n) is 6.58. The summed E-state index contributed by atoms with van der Waals surface area (Å²) in [6, 6.07) is 9.80. The number of pyridine rings is 1. The molecular formula is C22H33Cl3N2O2. The SMILES string of the molecule is CCCCCCCNCc1ccc(OCc2ccc(Cl)nc2)c(OCC)c1.Cl.Cl. The molecule has 0 aliphatic carbocycles. The third-order valence-electron chi connectivity index (χ3n) is 4.28. The Balaban J connectivity index is 0.00000392. The van der Waals surface area contributed by atoms with Crippen molar-refractivity contribution in [2.75, 3.05) is 13.2 Å². The molecule has 0 atom stereocenters. The molecule has 0 unspecified atom stereocenters. The Hall–Kier alpha value is -1.20. The Bertz CT molecular complexity index is 670. The molecule has 2 rings (SSSR count). The molecule has 164 valence electrons. The molecular weight excluding hydrogens is 431 g/mol. The van der Waals surface area contributed by atoms with Gasteiger partial charge in [-0.15, -0.1) is 24.8 Å². The highest BCUT2D eigenvalue weighted by Crippen LogP contribution is 2.29. The van der Waals surface area contributed by atoms with Gasteiger partial charge in [0.2, 0.25) is 0 Å². The van der Waals surface area contributed by atoms with Crippen molar-refractivity contribution in [3.63, 3.8) is 0 Å². The van der Waals surface area contributed by atoms with Crippen molar-refractivity contribution in [2.45, 2.75) is 59.1 Å². The number of halogens is 3. The van der Waals surface area contributed by atoms with Gasteiger partial charge in [-0.05, 0) is 43.7 Å². The molecule has 1 aromatic carbocycles. The van der Waals surface area contributed by atoms with E-state index in [9.17, 15) is 0 Å². The number of nitrogens with one attached hydrogen (secondary N) is 1. The molecule has 7 heteroatoms. The van der Waals surface area contributed by atoms with Gasteiger partial charge in [-0.25, -0.2) is 4.98 Å². The lowest BCUT2D eigenvalue weighted by Crippen LogP contribution is -2.14. The van der Waals surface area contributed by atoms with E-state index in [1.807, 2.05) is 19.1 Å². The summed E-state index contributed by atoms with van der Waals surface area (Å²) in [5.74, 6) is 1.52. The van der Waals surface area contributed by atoms with Crippen LogP contribution >= 0.6 is 36.4 Å². The number of ether oxygens (including phenoxy) is 2. The molecule has 1 heterocycles. The number of hydrogen-bond acceptors (Lipinski definition) is 4. The molecule has 0 fully saturated rings. The van der Waals surface area contributed by atoms with E-state index in [0.29, 0.717) is 18.4 Å². The van der Waals surface area contributed by atoms with Gasteiger partial charge < -0.3 is 14.8 Å². The lowest BCUT2D eigenvalue weighted by atomic mass is 10.1. The molecule has 0 saturated heterocycles. The van der Waals surface area contributed by atoms with Gasteiger partial charge in [0.15, 0.2) is 11.5 Å². The molecule has 2 aromatic rings. The quantitative estimate of drug-likeness (QED) is 0.268. The molecule has 4 nitrogen and oxygen atoms in total. The summed E-state index contributed by atoms with van der Waals surface area (Å²) in [6.45, 7) is 7.15. The van der Waals surface area contributed by atoms with Crippen molar-refractivity contribution in [1.29, 1.82) is 0 Å². The molecule has 0 aliphatic rings. The average molecular weight is 464 g/mol. The summed E-state index contributed by atoms with van der Waals surface area (Å²) < 4.78 is 11.7. The fourth-order valence-electron chi connectivity index (χ4n) is 2.79. The first kappa shape index (κ1) is 27.8. The summed E-state index contributed by atoms with van der Waals surface area (Å²) >= 11 is 5.82. The third kappa shape index (κ3) is 10.9. The molecule has 0 spiro atoms. The highest BCUT2D eigenvalue weighted by molar-refractivity contribution is 6.29. The van der Waals surface area contributed by atoms with E-state index in [0.717, 1.165) is 30.2 Å². The molecule has 0 radical (unpaired) electrons.